The zero-order valence-electron chi connectivity index (χ0n) is 11.7. The lowest BCUT2D eigenvalue weighted by molar-refractivity contribution is 0.189. The minimum atomic E-state index is 0.207. The van der Waals surface area contributed by atoms with Crippen molar-refractivity contribution in [2.24, 2.45) is 4.99 Å². The molecule has 0 amide bonds. The second kappa shape index (κ2) is 7.18. The van der Waals surface area contributed by atoms with Crippen LogP contribution in [0.25, 0.3) is 0 Å². The zero-order valence-corrected chi connectivity index (χ0v) is 12.6. The molecule has 0 aliphatic carbocycles. The summed E-state index contributed by atoms with van der Waals surface area (Å²) < 4.78 is 5.93. The zero-order chi connectivity index (χ0) is 14.3. The van der Waals surface area contributed by atoms with E-state index in [1.54, 1.807) is 0 Å². The maximum Gasteiger partial charge on any atom is 0.289 e. The predicted octanol–water partition coefficient (Wildman–Crippen LogP) is 4.04. The van der Waals surface area contributed by atoms with E-state index in [0.29, 0.717) is 6.02 Å². The molecule has 1 N–H and O–H groups in total. The maximum atomic E-state index is 5.93. The first-order valence-electron chi connectivity index (χ1n) is 7.11. The van der Waals surface area contributed by atoms with E-state index in [2.05, 4.69) is 34.6 Å². The fourth-order valence-electron chi connectivity index (χ4n) is 2.10. The second-order valence-corrected chi connectivity index (χ2v) is 5.92. The Morgan fingerprint density at radius 3 is 2.52 bits per heavy atom. The van der Waals surface area contributed by atoms with E-state index in [0.717, 1.165) is 24.4 Å². The Bertz CT molecular complexity index is 586. The average Bonchev–Trinajstić information content (AvgIpc) is 2.55. The highest BCUT2D eigenvalue weighted by atomic mass is 32.2. The molecule has 0 bridgehead atoms. The molecule has 1 aliphatic rings. The molecule has 0 spiro atoms. The number of hydrogen-bond donors (Lipinski definition) is 1. The molecule has 1 unspecified atom stereocenters. The molecule has 2 aromatic carbocycles. The lowest BCUT2D eigenvalue weighted by atomic mass is 10.2. The number of amidine groups is 1. The van der Waals surface area contributed by atoms with E-state index < -0.39 is 0 Å². The summed E-state index contributed by atoms with van der Waals surface area (Å²) in [6.45, 7) is 0.815. The first-order chi connectivity index (χ1) is 10.4. The number of benzene rings is 2. The molecule has 0 aromatic heterocycles. The van der Waals surface area contributed by atoms with Gasteiger partial charge in [-0.3, -0.25) is 0 Å². The Labute approximate surface area is 129 Å². The summed E-state index contributed by atoms with van der Waals surface area (Å²) in [7, 11) is 0. The van der Waals surface area contributed by atoms with Crippen molar-refractivity contribution in [3.05, 3.63) is 60.7 Å². The topological polar surface area (TPSA) is 33.6 Å². The minimum Gasteiger partial charge on any atom is -0.461 e. The van der Waals surface area contributed by atoms with Gasteiger partial charge in [0.25, 0.3) is 6.02 Å². The maximum absolute atomic E-state index is 5.93. The smallest absolute Gasteiger partial charge is 0.289 e. The van der Waals surface area contributed by atoms with E-state index >= 15 is 0 Å². The molecule has 3 rings (SSSR count). The van der Waals surface area contributed by atoms with Crippen molar-refractivity contribution >= 4 is 23.5 Å². The SMILES string of the molecule is c1ccc(NC2=NCCC(CSc3ccccc3)O2)cc1. The van der Waals surface area contributed by atoms with Gasteiger partial charge < -0.3 is 10.1 Å². The summed E-state index contributed by atoms with van der Waals surface area (Å²) in [5.41, 5.74) is 1.01. The van der Waals surface area contributed by atoms with Crippen molar-refractivity contribution in [2.75, 3.05) is 17.6 Å². The van der Waals surface area contributed by atoms with Crippen LogP contribution in [0.5, 0.6) is 0 Å². The van der Waals surface area contributed by atoms with Gasteiger partial charge in [0.15, 0.2) is 0 Å². The van der Waals surface area contributed by atoms with Crippen LogP contribution >= 0.6 is 11.8 Å². The van der Waals surface area contributed by atoms with Crippen molar-refractivity contribution in [2.45, 2.75) is 17.4 Å². The van der Waals surface area contributed by atoms with Crippen molar-refractivity contribution in [1.82, 2.24) is 0 Å². The number of thioether (sulfide) groups is 1. The molecular formula is C17H18N2OS. The summed E-state index contributed by atoms with van der Waals surface area (Å²) >= 11 is 1.83. The summed E-state index contributed by atoms with van der Waals surface area (Å²) in [5.74, 6) is 0.944. The van der Waals surface area contributed by atoms with E-state index in [1.807, 2.05) is 48.2 Å². The molecule has 1 aliphatic heterocycles. The highest BCUT2D eigenvalue weighted by Gasteiger charge is 2.18. The van der Waals surface area contributed by atoms with Crippen molar-refractivity contribution in [3.8, 4) is 0 Å². The van der Waals surface area contributed by atoms with Crippen LogP contribution in [0.4, 0.5) is 5.69 Å². The van der Waals surface area contributed by atoms with Crippen LogP contribution in [0.2, 0.25) is 0 Å². The van der Waals surface area contributed by atoms with Crippen molar-refractivity contribution < 1.29 is 4.74 Å². The van der Waals surface area contributed by atoms with Crippen LogP contribution in [0.15, 0.2) is 70.6 Å². The number of para-hydroxylation sites is 1. The lowest BCUT2D eigenvalue weighted by Gasteiger charge is -2.23. The summed E-state index contributed by atoms with van der Waals surface area (Å²) in [6, 6.07) is 21.1. The molecule has 21 heavy (non-hydrogen) atoms. The fraction of sp³-hybridized carbons (Fsp3) is 0.235. The molecule has 0 fully saturated rings. The van der Waals surface area contributed by atoms with Gasteiger partial charge >= 0.3 is 0 Å². The first kappa shape index (κ1) is 14.0. The minimum absolute atomic E-state index is 0.207. The number of aliphatic imine (C=N–C) groups is 1. The van der Waals surface area contributed by atoms with Gasteiger partial charge in [-0.25, -0.2) is 4.99 Å². The lowest BCUT2D eigenvalue weighted by Crippen LogP contribution is -2.30. The van der Waals surface area contributed by atoms with Gasteiger partial charge in [0.2, 0.25) is 0 Å². The highest BCUT2D eigenvalue weighted by Crippen LogP contribution is 2.22. The van der Waals surface area contributed by atoms with Gasteiger partial charge in [-0.05, 0) is 24.3 Å². The molecule has 1 atom stereocenters. The number of nitrogens with one attached hydrogen (secondary N) is 1. The van der Waals surface area contributed by atoms with Crippen LogP contribution in [0.3, 0.4) is 0 Å². The van der Waals surface area contributed by atoms with Crippen molar-refractivity contribution in [1.29, 1.82) is 0 Å². The first-order valence-corrected chi connectivity index (χ1v) is 8.10. The van der Waals surface area contributed by atoms with Gasteiger partial charge in [-0.15, -0.1) is 11.8 Å². The Kier molecular flexibility index (Phi) is 4.79. The molecule has 0 radical (unpaired) electrons. The third kappa shape index (κ3) is 4.26. The average molecular weight is 298 g/mol. The second-order valence-electron chi connectivity index (χ2n) is 4.83. The van der Waals surface area contributed by atoms with E-state index in [9.17, 15) is 0 Å². The Morgan fingerprint density at radius 1 is 1.05 bits per heavy atom. The largest absolute Gasteiger partial charge is 0.461 e. The molecule has 108 valence electrons. The normalized spacial score (nSPS) is 17.7. The molecule has 4 heteroatoms. The van der Waals surface area contributed by atoms with Gasteiger partial charge in [-0.1, -0.05) is 36.4 Å². The number of ether oxygens (including phenoxy) is 1. The van der Waals surface area contributed by atoms with Crippen LogP contribution in [0, 0.1) is 0 Å². The molecule has 1 heterocycles. The standard InChI is InChI=1S/C17H18N2OS/c1-3-7-14(8-4-1)19-17-18-12-11-15(20-17)13-21-16-9-5-2-6-10-16/h1-10,15H,11-13H2,(H,18,19). The molecule has 0 saturated carbocycles. The van der Waals surface area contributed by atoms with Gasteiger partial charge in [0.05, 0.1) is 0 Å². The molecular weight excluding hydrogens is 280 g/mol. The molecule has 2 aromatic rings. The van der Waals surface area contributed by atoms with E-state index in [4.69, 9.17) is 4.74 Å². The third-order valence-electron chi connectivity index (χ3n) is 3.19. The van der Waals surface area contributed by atoms with Crippen LogP contribution < -0.4 is 5.32 Å². The van der Waals surface area contributed by atoms with Gasteiger partial charge in [0, 0.05) is 29.3 Å². The fourth-order valence-corrected chi connectivity index (χ4v) is 3.06. The van der Waals surface area contributed by atoms with Crippen molar-refractivity contribution in [3.63, 3.8) is 0 Å². The summed E-state index contributed by atoms with van der Waals surface area (Å²) in [5, 5.41) is 3.23. The van der Waals surface area contributed by atoms with Crippen LogP contribution in [-0.4, -0.2) is 24.4 Å². The van der Waals surface area contributed by atoms with Gasteiger partial charge in [-0.2, -0.15) is 0 Å². The van der Waals surface area contributed by atoms with Crippen LogP contribution in [-0.2, 0) is 4.74 Å². The number of hydrogen-bond acceptors (Lipinski definition) is 4. The Morgan fingerprint density at radius 2 is 1.76 bits per heavy atom. The monoisotopic (exact) mass is 298 g/mol. The molecule has 3 nitrogen and oxygen atoms in total. The predicted molar refractivity (Wildman–Crippen MR) is 89.0 cm³/mol. The number of rotatable bonds is 4. The summed E-state index contributed by atoms with van der Waals surface area (Å²) in [6.07, 6.45) is 1.18. The highest BCUT2D eigenvalue weighted by molar-refractivity contribution is 7.99. The quantitative estimate of drug-likeness (QED) is 0.865. The van der Waals surface area contributed by atoms with Crippen LogP contribution in [0.1, 0.15) is 6.42 Å². The van der Waals surface area contributed by atoms with E-state index in [-0.39, 0.29) is 6.10 Å². The van der Waals surface area contributed by atoms with Gasteiger partial charge in [0.1, 0.15) is 6.10 Å². The Hall–Kier alpha value is -1.94. The number of nitrogens with zero attached hydrogens (tertiary/aromatic N) is 1. The third-order valence-corrected chi connectivity index (χ3v) is 4.33. The number of anilines is 1. The molecule has 0 saturated heterocycles. The Balaban J connectivity index is 1.52. The van der Waals surface area contributed by atoms with E-state index in [1.165, 1.54) is 4.90 Å². The summed E-state index contributed by atoms with van der Waals surface area (Å²) in [4.78, 5) is 5.68.